The number of pyridine rings is 1. The van der Waals surface area contributed by atoms with Gasteiger partial charge in [-0.15, -0.1) is 0 Å². The molecule has 0 aliphatic heterocycles. The predicted octanol–water partition coefficient (Wildman–Crippen LogP) is 2.58. The van der Waals surface area contributed by atoms with Gasteiger partial charge in [-0.25, -0.2) is 4.79 Å². The molecule has 1 heterocycles. The lowest BCUT2D eigenvalue weighted by Gasteiger charge is -2.16. The first-order chi connectivity index (χ1) is 10.0. The zero-order chi connectivity index (χ0) is 15.4. The summed E-state index contributed by atoms with van der Waals surface area (Å²) in [5.41, 5.74) is 1.86. The van der Waals surface area contributed by atoms with Crippen molar-refractivity contribution in [1.29, 1.82) is 0 Å². The van der Waals surface area contributed by atoms with Gasteiger partial charge in [0.15, 0.2) is 0 Å². The highest BCUT2D eigenvalue weighted by atomic mass is 16.4. The van der Waals surface area contributed by atoms with Crippen molar-refractivity contribution in [3.63, 3.8) is 0 Å². The highest BCUT2D eigenvalue weighted by Crippen LogP contribution is 2.17. The van der Waals surface area contributed by atoms with Crippen LogP contribution in [-0.4, -0.2) is 22.0 Å². The van der Waals surface area contributed by atoms with E-state index < -0.39 is 11.9 Å². The maximum atomic E-state index is 12.2. The van der Waals surface area contributed by atoms with Crippen LogP contribution in [0.1, 0.15) is 44.9 Å². The molecule has 0 radical (unpaired) electrons. The van der Waals surface area contributed by atoms with Crippen molar-refractivity contribution in [3.05, 3.63) is 65.0 Å². The fourth-order valence-electron chi connectivity index (χ4n) is 2.17. The summed E-state index contributed by atoms with van der Waals surface area (Å²) >= 11 is 0. The van der Waals surface area contributed by atoms with E-state index >= 15 is 0 Å². The second-order valence-corrected chi connectivity index (χ2v) is 4.76. The molecule has 0 bridgehead atoms. The van der Waals surface area contributed by atoms with Crippen molar-refractivity contribution < 1.29 is 14.7 Å². The van der Waals surface area contributed by atoms with Crippen LogP contribution in [-0.2, 0) is 0 Å². The molecule has 0 spiro atoms. The normalized spacial score (nSPS) is 11.7. The molecule has 0 fully saturated rings. The zero-order valence-electron chi connectivity index (χ0n) is 11.8. The fourth-order valence-corrected chi connectivity index (χ4v) is 2.17. The van der Waals surface area contributed by atoms with E-state index in [2.05, 4.69) is 10.3 Å². The van der Waals surface area contributed by atoms with Crippen LogP contribution in [0.3, 0.4) is 0 Å². The van der Waals surface area contributed by atoms with Crippen LogP contribution in [0.4, 0.5) is 0 Å². The van der Waals surface area contributed by atoms with Gasteiger partial charge in [0.05, 0.1) is 11.6 Å². The third-order valence-electron chi connectivity index (χ3n) is 3.26. The number of carboxylic acids is 1. The monoisotopic (exact) mass is 284 g/mol. The highest BCUT2D eigenvalue weighted by Gasteiger charge is 2.19. The van der Waals surface area contributed by atoms with Crippen LogP contribution in [0.25, 0.3) is 0 Å². The number of aromatic carboxylic acids is 1. The number of amides is 1. The number of nitrogens with one attached hydrogen (secondary N) is 1. The van der Waals surface area contributed by atoms with Gasteiger partial charge in [-0.2, -0.15) is 0 Å². The quantitative estimate of drug-likeness (QED) is 0.904. The molecule has 0 aliphatic carbocycles. The molecular weight excluding hydrogens is 268 g/mol. The van der Waals surface area contributed by atoms with Crippen LogP contribution in [0.5, 0.6) is 0 Å². The summed E-state index contributed by atoms with van der Waals surface area (Å²) in [6, 6.07) is 10.3. The Kier molecular flexibility index (Phi) is 4.33. The van der Waals surface area contributed by atoms with E-state index in [4.69, 9.17) is 5.11 Å². The molecule has 1 atom stereocenters. The average molecular weight is 284 g/mol. The third kappa shape index (κ3) is 3.25. The Hall–Kier alpha value is -2.69. The minimum Gasteiger partial charge on any atom is -0.478 e. The second kappa shape index (κ2) is 6.17. The first-order valence-corrected chi connectivity index (χ1v) is 6.55. The van der Waals surface area contributed by atoms with E-state index in [-0.39, 0.29) is 17.3 Å². The van der Waals surface area contributed by atoms with E-state index in [1.165, 1.54) is 18.3 Å². The lowest BCUT2D eigenvalue weighted by atomic mass is 10.0. The van der Waals surface area contributed by atoms with E-state index in [1.807, 2.05) is 38.1 Å². The molecule has 5 nitrogen and oxygen atoms in total. The molecule has 1 amide bonds. The number of aryl methyl sites for hydroxylation is 1. The molecular formula is C16H16N2O3. The zero-order valence-corrected chi connectivity index (χ0v) is 11.8. The summed E-state index contributed by atoms with van der Waals surface area (Å²) < 4.78 is 0. The van der Waals surface area contributed by atoms with Gasteiger partial charge in [0.1, 0.15) is 5.69 Å². The second-order valence-electron chi connectivity index (χ2n) is 4.76. The van der Waals surface area contributed by atoms with Gasteiger partial charge in [-0.3, -0.25) is 9.78 Å². The molecule has 2 rings (SSSR count). The summed E-state index contributed by atoms with van der Waals surface area (Å²) in [7, 11) is 0. The van der Waals surface area contributed by atoms with Gasteiger partial charge in [-0.1, -0.05) is 24.3 Å². The Morgan fingerprint density at radius 3 is 2.57 bits per heavy atom. The van der Waals surface area contributed by atoms with Gasteiger partial charge in [-0.05, 0) is 37.1 Å². The van der Waals surface area contributed by atoms with Crippen molar-refractivity contribution in [2.45, 2.75) is 19.9 Å². The fraction of sp³-hybridized carbons (Fsp3) is 0.188. The Morgan fingerprint density at radius 1 is 1.19 bits per heavy atom. The van der Waals surface area contributed by atoms with Crippen molar-refractivity contribution in [3.8, 4) is 0 Å². The first-order valence-electron chi connectivity index (χ1n) is 6.55. The lowest BCUT2D eigenvalue weighted by molar-refractivity contribution is 0.0689. The van der Waals surface area contributed by atoms with E-state index in [9.17, 15) is 9.59 Å². The Balaban J connectivity index is 2.23. The van der Waals surface area contributed by atoms with Crippen LogP contribution in [0.15, 0.2) is 42.6 Å². The molecule has 21 heavy (non-hydrogen) atoms. The summed E-state index contributed by atoms with van der Waals surface area (Å²) in [6.07, 6.45) is 1.40. The van der Waals surface area contributed by atoms with Crippen molar-refractivity contribution in [2.24, 2.45) is 0 Å². The largest absolute Gasteiger partial charge is 0.478 e. The van der Waals surface area contributed by atoms with E-state index in [1.54, 1.807) is 0 Å². The molecule has 0 unspecified atom stereocenters. The molecule has 0 saturated carbocycles. The SMILES string of the molecule is Cc1ccccc1[C@H](C)NC(=O)c1ncccc1C(=O)O. The van der Waals surface area contributed by atoms with Crippen molar-refractivity contribution in [1.82, 2.24) is 10.3 Å². The summed E-state index contributed by atoms with van der Waals surface area (Å²) in [6.45, 7) is 3.81. The standard InChI is InChI=1S/C16H16N2O3/c1-10-6-3-4-7-12(10)11(2)18-15(19)14-13(16(20)21)8-5-9-17-14/h3-9,11H,1-2H3,(H,18,19)(H,20,21)/t11-/m0/s1. The molecule has 5 heteroatoms. The lowest BCUT2D eigenvalue weighted by Crippen LogP contribution is -2.29. The minimum atomic E-state index is -1.17. The Morgan fingerprint density at radius 2 is 1.90 bits per heavy atom. The number of carboxylic acid groups (broad SMARTS) is 1. The minimum absolute atomic E-state index is 0.0783. The van der Waals surface area contributed by atoms with E-state index in [0.717, 1.165) is 11.1 Å². The van der Waals surface area contributed by atoms with Gasteiger partial charge >= 0.3 is 5.97 Å². The molecule has 2 N–H and O–H groups in total. The van der Waals surface area contributed by atoms with Crippen LogP contribution in [0.2, 0.25) is 0 Å². The molecule has 0 aliphatic rings. The molecule has 2 aromatic rings. The van der Waals surface area contributed by atoms with Crippen molar-refractivity contribution >= 4 is 11.9 Å². The number of hydrogen-bond acceptors (Lipinski definition) is 3. The predicted molar refractivity (Wildman–Crippen MR) is 78.3 cm³/mol. The number of carbonyl (C=O) groups excluding carboxylic acids is 1. The van der Waals surface area contributed by atoms with Crippen LogP contribution in [0, 0.1) is 6.92 Å². The topological polar surface area (TPSA) is 79.3 Å². The summed E-state index contributed by atoms with van der Waals surface area (Å²) in [5, 5.41) is 11.9. The first kappa shape index (κ1) is 14.7. The molecule has 0 saturated heterocycles. The number of aromatic nitrogens is 1. The number of benzene rings is 1. The van der Waals surface area contributed by atoms with Gasteiger partial charge < -0.3 is 10.4 Å². The molecule has 108 valence electrons. The third-order valence-corrected chi connectivity index (χ3v) is 3.26. The summed E-state index contributed by atoms with van der Waals surface area (Å²) in [5.74, 6) is -1.67. The number of nitrogens with zero attached hydrogens (tertiary/aromatic N) is 1. The van der Waals surface area contributed by atoms with E-state index in [0.29, 0.717) is 0 Å². The average Bonchev–Trinajstić information content (AvgIpc) is 2.47. The maximum Gasteiger partial charge on any atom is 0.338 e. The Bertz CT molecular complexity index is 683. The van der Waals surface area contributed by atoms with Gasteiger partial charge in [0.2, 0.25) is 0 Å². The van der Waals surface area contributed by atoms with Gasteiger partial charge in [0.25, 0.3) is 5.91 Å². The number of rotatable bonds is 4. The maximum absolute atomic E-state index is 12.2. The van der Waals surface area contributed by atoms with Gasteiger partial charge in [0, 0.05) is 6.20 Å². The smallest absolute Gasteiger partial charge is 0.338 e. The molecule has 1 aromatic carbocycles. The summed E-state index contributed by atoms with van der Waals surface area (Å²) in [4.78, 5) is 27.2. The number of hydrogen-bond donors (Lipinski definition) is 2. The Labute approximate surface area is 122 Å². The number of carbonyl (C=O) groups is 2. The highest BCUT2D eigenvalue weighted by molar-refractivity contribution is 6.03. The van der Waals surface area contributed by atoms with Crippen molar-refractivity contribution in [2.75, 3.05) is 0 Å². The molecule has 1 aromatic heterocycles. The van der Waals surface area contributed by atoms with Crippen LogP contribution < -0.4 is 5.32 Å². The van der Waals surface area contributed by atoms with Crippen LogP contribution >= 0.6 is 0 Å².